The van der Waals surface area contributed by atoms with Crippen LogP contribution < -0.4 is 9.97 Å². The van der Waals surface area contributed by atoms with E-state index in [0.29, 0.717) is 0 Å². The van der Waals surface area contributed by atoms with Crippen molar-refractivity contribution in [2.24, 2.45) is 0 Å². The van der Waals surface area contributed by atoms with Crippen LogP contribution in [-0.2, 0) is 0 Å². The number of nitrogens with one attached hydrogen (secondary N) is 2. The molecule has 0 saturated heterocycles. The van der Waals surface area contributed by atoms with E-state index in [1.54, 1.807) is 0 Å². The van der Waals surface area contributed by atoms with Gasteiger partial charge in [0.1, 0.15) is 5.56 Å². The molecule has 12 heavy (non-hydrogen) atoms. The van der Waals surface area contributed by atoms with Crippen molar-refractivity contribution < 1.29 is 9.97 Å². The van der Waals surface area contributed by atoms with Crippen LogP contribution >= 0.6 is 0 Å². The summed E-state index contributed by atoms with van der Waals surface area (Å²) in [5.41, 5.74) is 2.28. The first kappa shape index (κ1) is 6.98. The zero-order chi connectivity index (χ0) is 8.23. The minimum atomic E-state index is 1.12. The Balaban J connectivity index is 2.46. The molecule has 0 bridgehead atoms. The van der Waals surface area contributed by atoms with E-state index in [9.17, 15) is 0 Å². The molecule has 0 saturated carbocycles. The molecule has 0 atom stereocenters. The molecule has 2 aromatic heterocycles. The van der Waals surface area contributed by atoms with Crippen LogP contribution in [0.2, 0.25) is 0 Å². The second-order valence-corrected chi connectivity index (χ2v) is 2.57. The van der Waals surface area contributed by atoms with Crippen molar-refractivity contribution in [2.45, 2.75) is 0 Å². The molecule has 2 aromatic rings. The number of hydrogen-bond acceptors (Lipinski definition) is 0. The van der Waals surface area contributed by atoms with Crippen molar-refractivity contribution in [3.63, 3.8) is 0 Å². The molecular weight excluding hydrogens is 148 g/mol. The highest BCUT2D eigenvalue weighted by Gasteiger charge is 2.03. The van der Waals surface area contributed by atoms with Gasteiger partial charge in [0.2, 0.25) is 5.69 Å². The van der Waals surface area contributed by atoms with E-state index in [-0.39, 0.29) is 0 Å². The van der Waals surface area contributed by atoms with Gasteiger partial charge in [-0.15, -0.1) is 0 Å². The molecule has 0 spiro atoms. The fraction of sp³-hybridized carbons (Fsp3) is 0. The van der Waals surface area contributed by atoms with Crippen LogP contribution in [0.15, 0.2) is 48.9 Å². The summed E-state index contributed by atoms with van der Waals surface area (Å²) in [7, 11) is 0. The van der Waals surface area contributed by atoms with Gasteiger partial charge in [-0.05, 0) is 12.1 Å². The van der Waals surface area contributed by atoms with Crippen molar-refractivity contribution in [3.8, 4) is 11.3 Å². The maximum absolute atomic E-state index is 3.16. The van der Waals surface area contributed by atoms with Gasteiger partial charge in [-0.25, -0.2) is 9.97 Å². The molecule has 0 radical (unpaired) electrons. The molecule has 0 unspecified atom stereocenters. The summed E-state index contributed by atoms with van der Waals surface area (Å²) in [5.74, 6) is 0. The zero-order valence-corrected chi connectivity index (χ0v) is 6.62. The minimum absolute atomic E-state index is 1.12. The molecule has 2 rings (SSSR count). The van der Waals surface area contributed by atoms with Gasteiger partial charge in [0.25, 0.3) is 0 Å². The maximum Gasteiger partial charge on any atom is 0.216 e. The molecule has 2 heteroatoms. The Morgan fingerprint density at radius 1 is 0.917 bits per heavy atom. The smallest absolute Gasteiger partial charge is 0.216 e. The van der Waals surface area contributed by atoms with E-state index < -0.39 is 0 Å². The van der Waals surface area contributed by atoms with Crippen LogP contribution in [0, 0.1) is 0 Å². The first-order valence-electron chi connectivity index (χ1n) is 3.90. The standard InChI is InChI=1S/C10H8N2/c1-2-7-12-10(5-1)9-4-3-6-11-8-9/h1-8H/p+2. The van der Waals surface area contributed by atoms with Gasteiger partial charge >= 0.3 is 0 Å². The molecule has 2 nitrogen and oxygen atoms in total. The molecule has 0 aliphatic heterocycles. The van der Waals surface area contributed by atoms with Crippen molar-refractivity contribution >= 4 is 0 Å². The lowest BCUT2D eigenvalue weighted by atomic mass is 10.2. The van der Waals surface area contributed by atoms with Gasteiger partial charge < -0.3 is 0 Å². The summed E-state index contributed by atoms with van der Waals surface area (Å²) in [6.07, 6.45) is 5.78. The molecule has 0 amide bonds. The second kappa shape index (κ2) is 3.13. The maximum atomic E-state index is 3.16. The fourth-order valence-electron chi connectivity index (χ4n) is 1.13. The fourth-order valence-corrected chi connectivity index (χ4v) is 1.13. The second-order valence-electron chi connectivity index (χ2n) is 2.57. The van der Waals surface area contributed by atoms with E-state index in [4.69, 9.17) is 0 Å². The minimum Gasteiger partial charge on any atom is -0.217 e. The van der Waals surface area contributed by atoms with Crippen LogP contribution in [0.5, 0.6) is 0 Å². The van der Waals surface area contributed by atoms with Crippen LogP contribution in [0.3, 0.4) is 0 Å². The average Bonchev–Trinajstić information content (AvgIpc) is 2.21. The Labute approximate surface area is 70.9 Å². The van der Waals surface area contributed by atoms with Crippen molar-refractivity contribution in [1.29, 1.82) is 0 Å². The van der Waals surface area contributed by atoms with E-state index in [1.165, 1.54) is 0 Å². The van der Waals surface area contributed by atoms with Crippen LogP contribution in [0.1, 0.15) is 0 Å². The van der Waals surface area contributed by atoms with Gasteiger partial charge in [0, 0.05) is 18.2 Å². The van der Waals surface area contributed by atoms with E-state index in [2.05, 4.69) is 16.0 Å². The first-order valence-corrected chi connectivity index (χ1v) is 3.90. The number of hydrogen-bond donors (Lipinski definition) is 0. The highest BCUT2D eigenvalue weighted by atomic mass is 14.7. The van der Waals surface area contributed by atoms with E-state index >= 15 is 0 Å². The Kier molecular flexibility index (Phi) is 1.82. The Bertz CT molecular complexity index is 305. The molecule has 0 aromatic carbocycles. The van der Waals surface area contributed by atoms with Crippen LogP contribution in [-0.4, -0.2) is 0 Å². The van der Waals surface area contributed by atoms with Crippen molar-refractivity contribution in [1.82, 2.24) is 0 Å². The van der Waals surface area contributed by atoms with Crippen LogP contribution in [0.4, 0.5) is 0 Å². The van der Waals surface area contributed by atoms with Gasteiger partial charge in [-0.3, -0.25) is 0 Å². The summed E-state index contributed by atoms with van der Waals surface area (Å²) in [6, 6.07) is 10.1. The third kappa shape index (κ3) is 1.32. The number of H-pyrrole nitrogens is 2. The lowest BCUT2D eigenvalue weighted by Gasteiger charge is -1.88. The lowest BCUT2D eigenvalue weighted by molar-refractivity contribution is -0.381. The predicted molar refractivity (Wildman–Crippen MR) is 45.0 cm³/mol. The van der Waals surface area contributed by atoms with Crippen molar-refractivity contribution in [2.75, 3.05) is 0 Å². The quantitative estimate of drug-likeness (QED) is 0.592. The molecule has 58 valence electrons. The van der Waals surface area contributed by atoms with E-state index in [1.807, 2.05) is 42.9 Å². The number of rotatable bonds is 1. The Morgan fingerprint density at radius 2 is 1.92 bits per heavy atom. The Morgan fingerprint density at radius 3 is 2.58 bits per heavy atom. The topological polar surface area (TPSA) is 28.3 Å². The SMILES string of the molecule is c1ccc(-c2ccc[nH+]c2)[nH+]c1. The largest absolute Gasteiger partial charge is 0.217 e. The number of aromatic nitrogens is 2. The first-order chi connectivity index (χ1) is 5.97. The predicted octanol–water partition coefficient (Wildman–Crippen LogP) is 0.982. The molecule has 2 heterocycles. The summed E-state index contributed by atoms with van der Waals surface area (Å²) in [6.45, 7) is 0. The highest BCUT2D eigenvalue weighted by molar-refractivity contribution is 5.52. The molecule has 0 fully saturated rings. The number of pyridine rings is 2. The summed E-state index contributed by atoms with van der Waals surface area (Å²) < 4.78 is 0. The van der Waals surface area contributed by atoms with Crippen LogP contribution in [0.25, 0.3) is 11.3 Å². The van der Waals surface area contributed by atoms with Gasteiger partial charge in [-0.2, -0.15) is 0 Å². The van der Waals surface area contributed by atoms with E-state index in [0.717, 1.165) is 11.3 Å². The number of aromatic amines is 2. The Hall–Kier alpha value is -1.70. The van der Waals surface area contributed by atoms with Gasteiger partial charge in [-0.1, -0.05) is 0 Å². The summed E-state index contributed by atoms with van der Waals surface area (Å²) in [5, 5.41) is 0. The van der Waals surface area contributed by atoms with Gasteiger partial charge in [0.15, 0.2) is 18.6 Å². The highest BCUT2D eigenvalue weighted by Crippen LogP contribution is 2.08. The molecule has 0 aliphatic carbocycles. The molecule has 2 N–H and O–H groups in total. The van der Waals surface area contributed by atoms with Gasteiger partial charge in [0.05, 0.1) is 0 Å². The third-order valence-corrected chi connectivity index (χ3v) is 1.73. The van der Waals surface area contributed by atoms with Crippen molar-refractivity contribution in [3.05, 3.63) is 48.9 Å². The third-order valence-electron chi connectivity index (χ3n) is 1.73. The zero-order valence-electron chi connectivity index (χ0n) is 6.62. The average molecular weight is 158 g/mol. The lowest BCUT2D eigenvalue weighted by Crippen LogP contribution is -2.07. The molecule has 0 aliphatic rings. The summed E-state index contributed by atoms with van der Waals surface area (Å²) >= 11 is 0. The summed E-state index contributed by atoms with van der Waals surface area (Å²) in [4.78, 5) is 6.20. The normalized spacial score (nSPS) is 9.67. The monoisotopic (exact) mass is 158 g/mol. The molecular formula is C10H10N2+2.